The van der Waals surface area contributed by atoms with Crippen LogP contribution in [0.15, 0.2) is 12.1 Å². The molecule has 0 radical (unpaired) electrons. The Morgan fingerprint density at radius 1 is 1.32 bits per heavy atom. The monoisotopic (exact) mass is 427 g/mol. The van der Waals surface area contributed by atoms with Crippen LogP contribution in [0.4, 0.5) is 26.7 Å². The van der Waals surface area contributed by atoms with Gasteiger partial charge in [-0.25, -0.2) is 13.6 Å². The van der Waals surface area contributed by atoms with E-state index < -0.39 is 71.9 Å². The van der Waals surface area contributed by atoms with Crippen LogP contribution in [0.2, 0.25) is 5.02 Å². The lowest BCUT2D eigenvalue weighted by Crippen LogP contribution is -2.46. The van der Waals surface area contributed by atoms with Crippen LogP contribution < -0.4 is 16.0 Å². The summed E-state index contributed by atoms with van der Waals surface area (Å²) in [6, 6.07) is -0.983. The molecule has 12 heteroatoms. The van der Waals surface area contributed by atoms with Crippen LogP contribution in [0, 0.1) is 17.6 Å². The fourth-order valence-corrected chi connectivity index (χ4v) is 3.38. The minimum atomic E-state index is -4.62. The molecule has 4 atom stereocenters. The molecule has 0 spiro atoms. The highest BCUT2D eigenvalue weighted by atomic mass is 35.5. The average molecular weight is 428 g/mol. The number of urea groups is 1. The summed E-state index contributed by atoms with van der Waals surface area (Å²) >= 11 is 5.58. The summed E-state index contributed by atoms with van der Waals surface area (Å²) in [5.74, 6) is -3.91. The third-order valence-electron chi connectivity index (χ3n) is 4.65. The van der Waals surface area contributed by atoms with Gasteiger partial charge in [0, 0.05) is 18.0 Å². The molecule has 0 unspecified atom stereocenters. The number of nitrogens with one attached hydrogen (secondary N) is 3. The van der Waals surface area contributed by atoms with Gasteiger partial charge in [-0.3, -0.25) is 4.79 Å². The van der Waals surface area contributed by atoms with E-state index in [-0.39, 0.29) is 12.1 Å². The van der Waals surface area contributed by atoms with Crippen LogP contribution in [0.5, 0.6) is 0 Å². The lowest BCUT2D eigenvalue weighted by Gasteiger charge is -2.26. The van der Waals surface area contributed by atoms with Crippen molar-refractivity contribution in [1.82, 2.24) is 16.0 Å². The summed E-state index contributed by atoms with van der Waals surface area (Å²) in [5, 5.41) is 6.28. The minimum Gasteiger partial charge on any atom is -0.368 e. The second kappa shape index (κ2) is 7.70. The van der Waals surface area contributed by atoms with E-state index in [9.17, 15) is 31.5 Å². The molecular weight excluding hydrogens is 413 g/mol. The maximum atomic E-state index is 14.5. The number of alkyl halides is 3. The van der Waals surface area contributed by atoms with Gasteiger partial charge in [0.15, 0.2) is 6.10 Å². The number of halogens is 6. The number of rotatable bonds is 4. The number of ether oxygens (including phenoxy) is 1. The highest BCUT2D eigenvalue weighted by molar-refractivity contribution is 6.31. The van der Waals surface area contributed by atoms with E-state index in [1.807, 2.05) is 0 Å². The first-order valence-electron chi connectivity index (χ1n) is 8.24. The summed E-state index contributed by atoms with van der Waals surface area (Å²) in [7, 11) is 0. The molecule has 6 nitrogen and oxygen atoms in total. The third-order valence-corrected chi connectivity index (χ3v) is 5.00. The molecule has 0 bridgehead atoms. The van der Waals surface area contributed by atoms with Crippen molar-refractivity contribution in [2.24, 2.45) is 5.92 Å². The van der Waals surface area contributed by atoms with Crippen LogP contribution >= 0.6 is 11.6 Å². The zero-order valence-corrected chi connectivity index (χ0v) is 14.8. The van der Waals surface area contributed by atoms with Crippen molar-refractivity contribution in [2.45, 2.75) is 30.8 Å². The molecule has 3 amide bonds. The van der Waals surface area contributed by atoms with Crippen molar-refractivity contribution in [3.8, 4) is 0 Å². The van der Waals surface area contributed by atoms with E-state index in [1.165, 1.54) is 0 Å². The highest BCUT2D eigenvalue weighted by Gasteiger charge is 2.48. The van der Waals surface area contributed by atoms with Gasteiger partial charge in [0.1, 0.15) is 22.7 Å². The zero-order chi connectivity index (χ0) is 20.6. The molecule has 0 aliphatic carbocycles. The predicted octanol–water partition coefficient (Wildman–Crippen LogP) is 2.42. The molecule has 2 aliphatic rings. The zero-order valence-electron chi connectivity index (χ0n) is 14.1. The van der Waals surface area contributed by atoms with Crippen molar-refractivity contribution in [2.75, 3.05) is 13.2 Å². The lowest BCUT2D eigenvalue weighted by atomic mass is 9.90. The molecule has 2 saturated heterocycles. The molecule has 28 heavy (non-hydrogen) atoms. The summed E-state index contributed by atoms with van der Waals surface area (Å²) in [4.78, 5) is 23.6. The van der Waals surface area contributed by atoms with Gasteiger partial charge in [-0.15, -0.1) is 0 Å². The number of hydrogen-bond donors (Lipinski definition) is 3. The van der Waals surface area contributed by atoms with Crippen molar-refractivity contribution in [1.29, 1.82) is 0 Å². The Labute approximate surface area is 160 Å². The van der Waals surface area contributed by atoms with E-state index in [2.05, 4.69) is 16.0 Å². The van der Waals surface area contributed by atoms with Crippen LogP contribution in [0.3, 0.4) is 0 Å². The van der Waals surface area contributed by atoms with Crippen molar-refractivity contribution in [3.05, 3.63) is 34.4 Å². The minimum absolute atomic E-state index is 0.0453. The molecule has 3 rings (SSSR count). The smallest absolute Gasteiger partial charge is 0.368 e. The number of amides is 3. The first kappa shape index (κ1) is 20.6. The van der Waals surface area contributed by atoms with Crippen LogP contribution in [0.25, 0.3) is 0 Å². The van der Waals surface area contributed by atoms with E-state index in [4.69, 9.17) is 16.3 Å². The van der Waals surface area contributed by atoms with Gasteiger partial charge in [-0.05, 0) is 12.5 Å². The normalized spacial score (nSPS) is 25.9. The van der Waals surface area contributed by atoms with E-state index >= 15 is 0 Å². The average Bonchev–Trinajstić information content (AvgIpc) is 3.27. The van der Waals surface area contributed by atoms with Crippen molar-refractivity contribution < 1.29 is 36.3 Å². The fourth-order valence-electron chi connectivity index (χ4n) is 3.21. The lowest BCUT2D eigenvalue weighted by molar-refractivity contribution is -0.206. The molecule has 3 N–H and O–H groups in total. The number of carbonyl (C=O) groups excluding carboxylic acids is 2. The molecule has 2 fully saturated rings. The van der Waals surface area contributed by atoms with Crippen LogP contribution in [-0.4, -0.2) is 43.4 Å². The molecule has 154 valence electrons. The fraction of sp³-hybridized carbons (Fsp3) is 0.500. The first-order chi connectivity index (χ1) is 13.1. The van der Waals surface area contributed by atoms with E-state index in [0.29, 0.717) is 0 Å². The number of carbonyl (C=O) groups is 2. The van der Waals surface area contributed by atoms with Gasteiger partial charge in [0.2, 0.25) is 5.91 Å². The Balaban J connectivity index is 1.88. The Morgan fingerprint density at radius 3 is 2.61 bits per heavy atom. The second-order valence-electron chi connectivity index (χ2n) is 6.52. The molecule has 0 saturated carbocycles. The Kier molecular flexibility index (Phi) is 5.67. The Bertz CT molecular complexity index is 792. The maximum absolute atomic E-state index is 14.5. The summed E-state index contributed by atoms with van der Waals surface area (Å²) in [6.45, 7) is -0.449. The highest BCUT2D eigenvalue weighted by Crippen LogP contribution is 2.40. The van der Waals surface area contributed by atoms with Gasteiger partial charge < -0.3 is 20.7 Å². The Morgan fingerprint density at radius 2 is 2.04 bits per heavy atom. The van der Waals surface area contributed by atoms with Crippen molar-refractivity contribution >= 4 is 23.5 Å². The molecular formula is C16H15ClF5N3O3. The van der Waals surface area contributed by atoms with E-state index in [0.717, 1.165) is 12.1 Å². The maximum Gasteiger partial charge on any atom is 0.414 e. The Hall–Kier alpha value is -2.14. The molecule has 1 aromatic rings. The van der Waals surface area contributed by atoms with Gasteiger partial charge in [0.05, 0.1) is 12.6 Å². The summed E-state index contributed by atoms with van der Waals surface area (Å²) < 4.78 is 71.6. The summed E-state index contributed by atoms with van der Waals surface area (Å²) in [6.07, 6.45) is -7.21. The molecule has 2 aliphatic heterocycles. The van der Waals surface area contributed by atoms with Gasteiger partial charge in [-0.1, -0.05) is 17.7 Å². The van der Waals surface area contributed by atoms with Gasteiger partial charge >= 0.3 is 12.2 Å². The van der Waals surface area contributed by atoms with Crippen molar-refractivity contribution in [3.63, 3.8) is 0 Å². The molecule has 1 aromatic carbocycles. The van der Waals surface area contributed by atoms with Gasteiger partial charge in [-0.2, -0.15) is 13.2 Å². The number of hydrogen-bond acceptors (Lipinski definition) is 3. The first-order valence-corrected chi connectivity index (χ1v) is 8.62. The second-order valence-corrected chi connectivity index (χ2v) is 6.90. The molecule has 0 aromatic heterocycles. The SMILES string of the molecule is O=C1NC[C@@H](C(=O)N[C@H](c2ccc(F)c(Cl)c2F)[C@H]2CO[C@@H](C(F)(F)F)C2)N1. The number of benzene rings is 1. The molecule has 2 heterocycles. The van der Waals surface area contributed by atoms with Crippen LogP contribution in [0.1, 0.15) is 18.0 Å². The van der Waals surface area contributed by atoms with Gasteiger partial charge in [0.25, 0.3) is 0 Å². The summed E-state index contributed by atoms with van der Waals surface area (Å²) in [5.41, 5.74) is -0.270. The van der Waals surface area contributed by atoms with E-state index in [1.54, 1.807) is 0 Å². The predicted molar refractivity (Wildman–Crippen MR) is 86.5 cm³/mol. The quantitative estimate of drug-likeness (QED) is 0.510. The largest absolute Gasteiger partial charge is 0.414 e. The standard InChI is InChI=1S/C16H15ClF5N3O3/c17-11-8(18)2-1-7(12(11)19)13(6-3-10(28-5-6)16(20,21)22)25-14(26)9-4-23-15(27)24-9/h1-2,6,9-10,13H,3-5H2,(H,25,26)(H2,23,24,27)/t6-,9+,10-,13+/m1/s1. The third kappa shape index (κ3) is 4.14. The topological polar surface area (TPSA) is 79.5 Å². The van der Waals surface area contributed by atoms with Crippen LogP contribution in [-0.2, 0) is 9.53 Å².